The lowest BCUT2D eigenvalue weighted by atomic mass is 9.92. The molecule has 2 aliphatic carbocycles. The molecule has 5 rings (SSSR count). The average molecular weight is 676 g/mol. The molecule has 0 bridgehead atoms. The lowest BCUT2D eigenvalue weighted by Gasteiger charge is -2.40. The molecule has 1 saturated heterocycles. The van der Waals surface area contributed by atoms with Crippen LogP contribution in [0.5, 0.6) is 0 Å². The molecule has 1 aromatic heterocycles. The van der Waals surface area contributed by atoms with Gasteiger partial charge in [0.2, 0.25) is 11.8 Å². The van der Waals surface area contributed by atoms with Crippen LogP contribution in [0.4, 0.5) is 47.1 Å². The van der Waals surface area contributed by atoms with E-state index in [0.29, 0.717) is 25.1 Å². The van der Waals surface area contributed by atoms with Gasteiger partial charge < -0.3 is 10.2 Å². The minimum absolute atomic E-state index is 0.0138. The number of carbonyl (C=O) groups excluding carboxylic acids is 2. The molecule has 3 aliphatic rings. The number of halogens is 10. The normalized spacial score (nSPS) is 24.1. The minimum Gasteiger partial charge on any atom is -0.352 e. The second-order valence-electron chi connectivity index (χ2n) is 11.2. The predicted octanol–water partition coefficient (Wildman–Crippen LogP) is 7.27. The summed E-state index contributed by atoms with van der Waals surface area (Å²) in [6, 6.07) is 2.01. The summed E-state index contributed by atoms with van der Waals surface area (Å²) in [5.41, 5.74) is -0.893. The van der Waals surface area contributed by atoms with Gasteiger partial charge in [-0.3, -0.25) is 19.5 Å². The van der Waals surface area contributed by atoms with E-state index in [1.54, 1.807) is 0 Å². The van der Waals surface area contributed by atoms with Crippen LogP contribution < -0.4 is 10.2 Å². The summed E-state index contributed by atoms with van der Waals surface area (Å²) >= 11 is 0. The summed E-state index contributed by atoms with van der Waals surface area (Å²) in [7, 11) is -9.95. The van der Waals surface area contributed by atoms with Crippen molar-refractivity contribution in [3.05, 3.63) is 54.4 Å². The highest BCUT2D eigenvalue weighted by Gasteiger charge is 2.65. The maximum Gasteiger partial charge on any atom is 0.416 e. The summed E-state index contributed by atoms with van der Waals surface area (Å²) in [5.74, 6) is -4.32. The lowest BCUT2D eigenvalue weighted by molar-refractivity contribution is -0.137. The van der Waals surface area contributed by atoms with Gasteiger partial charge >= 0.3 is 16.4 Å². The monoisotopic (exact) mass is 675 g/mol. The van der Waals surface area contributed by atoms with Gasteiger partial charge in [-0.1, -0.05) is 19.4 Å². The number of nitrogens with zero attached hydrogens (tertiary/aromatic N) is 4. The largest absolute Gasteiger partial charge is 0.416 e. The fraction of sp³-hybridized carbons (Fsp3) is 0.481. The van der Waals surface area contributed by atoms with Gasteiger partial charge in [0.1, 0.15) is 17.5 Å². The lowest BCUT2D eigenvalue weighted by Crippen LogP contribution is -2.51. The number of pyridine rings is 1. The molecule has 0 radical (unpaired) electrons. The molecule has 3 unspecified atom stereocenters. The highest BCUT2D eigenvalue weighted by molar-refractivity contribution is 8.45. The second-order valence-corrected chi connectivity index (χ2v) is 13.6. The number of piperidine rings is 1. The highest BCUT2D eigenvalue weighted by Crippen LogP contribution is 3.02. The molecule has 248 valence electrons. The van der Waals surface area contributed by atoms with E-state index < -0.39 is 76.1 Å². The SMILES string of the molecule is FC(F)(F)c1ccncc1.N#CN1CC2CC2C1C(=O)N(CC(=O)NC1CCC(F)(F)CC1)c1ccc(S(F)(F)(F)(F)F)cc1. The molecule has 18 heteroatoms. The molecule has 2 aromatic rings. The minimum atomic E-state index is -9.95. The molecule has 0 spiro atoms. The molecule has 1 aromatic carbocycles. The van der Waals surface area contributed by atoms with Crippen molar-refractivity contribution >= 4 is 27.7 Å². The van der Waals surface area contributed by atoms with Crippen LogP contribution in [-0.4, -0.2) is 52.8 Å². The molecule has 2 amide bonds. The molecule has 7 nitrogen and oxygen atoms in total. The van der Waals surface area contributed by atoms with Crippen LogP contribution in [0.15, 0.2) is 53.7 Å². The number of nitrogens with one attached hydrogen (secondary N) is 1. The first-order valence-corrected chi connectivity index (χ1v) is 15.5. The van der Waals surface area contributed by atoms with Crippen LogP contribution in [0, 0.1) is 23.3 Å². The molecule has 1 N–H and O–H groups in total. The molecule has 45 heavy (non-hydrogen) atoms. The number of aromatic nitrogens is 1. The average Bonchev–Trinajstić information content (AvgIpc) is 3.61. The third kappa shape index (κ3) is 8.70. The number of carbonyl (C=O) groups is 2. The van der Waals surface area contributed by atoms with E-state index in [2.05, 4.69) is 10.3 Å². The van der Waals surface area contributed by atoms with Crippen molar-refractivity contribution in [3.8, 4) is 6.19 Å². The van der Waals surface area contributed by atoms with Gasteiger partial charge in [0.15, 0.2) is 6.19 Å². The zero-order valence-electron chi connectivity index (χ0n) is 23.2. The Labute approximate surface area is 250 Å². The van der Waals surface area contributed by atoms with E-state index in [9.17, 15) is 56.2 Å². The number of alkyl halides is 5. The zero-order valence-corrected chi connectivity index (χ0v) is 24.0. The highest BCUT2D eigenvalue weighted by atomic mass is 32.5. The Hall–Kier alpha value is -3.75. The summed E-state index contributed by atoms with van der Waals surface area (Å²) in [4.78, 5) is 29.5. The number of hydrogen-bond acceptors (Lipinski definition) is 5. The topological polar surface area (TPSA) is 89.3 Å². The number of amides is 2. The molecule has 2 heterocycles. The first-order chi connectivity index (χ1) is 20.6. The Morgan fingerprint density at radius 2 is 1.60 bits per heavy atom. The first kappa shape index (κ1) is 34.1. The third-order valence-electron chi connectivity index (χ3n) is 7.78. The van der Waals surface area contributed by atoms with Crippen molar-refractivity contribution in [2.75, 3.05) is 18.0 Å². The maximum atomic E-state index is 13.4. The molecule has 3 fully saturated rings. The number of rotatable bonds is 6. The van der Waals surface area contributed by atoms with E-state index in [0.717, 1.165) is 29.4 Å². The van der Waals surface area contributed by atoms with Gasteiger partial charge in [-0.25, -0.2) is 8.78 Å². The van der Waals surface area contributed by atoms with Crippen molar-refractivity contribution in [1.82, 2.24) is 15.2 Å². The third-order valence-corrected chi connectivity index (χ3v) is 8.95. The molecular formula is C27H27F10N5O2S. The van der Waals surface area contributed by atoms with Crippen molar-refractivity contribution in [1.29, 1.82) is 5.26 Å². The van der Waals surface area contributed by atoms with Crippen LogP contribution in [-0.2, 0) is 15.8 Å². The van der Waals surface area contributed by atoms with E-state index >= 15 is 0 Å². The molecule has 2 saturated carbocycles. The van der Waals surface area contributed by atoms with Gasteiger partial charge in [-0.15, -0.1) is 0 Å². The van der Waals surface area contributed by atoms with Crippen LogP contribution in [0.2, 0.25) is 0 Å². The van der Waals surface area contributed by atoms with E-state index in [1.807, 2.05) is 6.19 Å². The van der Waals surface area contributed by atoms with Gasteiger partial charge in [-0.05, 0) is 67.5 Å². The Balaban J connectivity index is 0.000000392. The predicted molar refractivity (Wildman–Crippen MR) is 142 cm³/mol. The smallest absolute Gasteiger partial charge is 0.352 e. The number of likely N-dealkylation sites (tertiary alicyclic amines) is 1. The van der Waals surface area contributed by atoms with Crippen LogP contribution in [0.3, 0.4) is 0 Å². The fourth-order valence-electron chi connectivity index (χ4n) is 5.37. The summed E-state index contributed by atoms with van der Waals surface area (Å²) in [6.45, 7) is -0.342. The van der Waals surface area contributed by atoms with Crippen molar-refractivity contribution in [3.63, 3.8) is 0 Å². The van der Waals surface area contributed by atoms with Crippen LogP contribution in [0.1, 0.15) is 37.7 Å². The number of nitriles is 1. The van der Waals surface area contributed by atoms with Crippen molar-refractivity contribution in [2.24, 2.45) is 11.8 Å². The van der Waals surface area contributed by atoms with Gasteiger partial charge in [0.25, 0.3) is 5.91 Å². The fourth-order valence-corrected chi connectivity index (χ4v) is 6.02. The quantitative estimate of drug-likeness (QED) is 0.257. The zero-order chi connectivity index (χ0) is 33.5. The second kappa shape index (κ2) is 11.2. The number of benzene rings is 1. The number of fused-ring (bicyclic) bond motifs is 1. The summed E-state index contributed by atoms with van der Waals surface area (Å²) in [5, 5.41) is 11.9. The Kier molecular flexibility index (Phi) is 8.53. The van der Waals surface area contributed by atoms with Crippen molar-refractivity contribution < 1.29 is 51.0 Å². The number of anilines is 1. The van der Waals surface area contributed by atoms with E-state index in [-0.39, 0.29) is 42.5 Å². The molecule has 1 aliphatic heterocycles. The summed E-state index contributed by atoms with van der Waals surface area (Å²) < 4.78 is 128. The van der Waals surface area contributed by atoms with E-state index in [4.69, 9.17) is 0 Å². The maximum absolute atomic E-state index is 13.4. The first-order valence-electron chi connectivity index (χ1n) is 13.5. The Morgan fingerprint density at radius 1 is 1.02 bits per heavy atom. The standard InChI is InChI=1S/C21H23F7N4O2S.C6H4F3N/c22-21(23)7-5-14(6-8-21)30-18(33)11-32(20(34)19-17-9-13(17)10-31(19)12-29)15-1-3-16(4-2-15)35(24,25,26,27)28;7-6(8,9)5-1-3-10-4-2-5/h1-4,13-14,17,19H,5-11H2,(H,30,33);1-4H. The number of hydrogen-bond donors (Lipinski definition) is 1. The van der Waals surface area contributed by atoms with Gasteiger partial charge in [0, 0.05) is 43.5 Å². The van der Waals surface area contributed by atoms with Gasteiger partial charge in [0.05, 0.1) is 5.56 Å². The summed E-state index contributed by atoms with van der Waals surface area (Å²) in [6.07, 6.45) is -0.254. The molecule has 3 atom stereocenters. The van der Waals surface area contributed by atoms with Crippen molar-refractivity contribution in [2.45, 2.75) is 61.2 Å². The Morgan fingerprint density at radius 3 is 2.09 bits per heavy atom. The van der Waals surface area contributed by atoms with Crippen LogP contribution >= 0.6 is 10.2 Å². The molecular weight excluding hydrogens is 648 g/mol. The van der Waals surface area contributed by atoms with E-state index in [1.165, 1.54) is 4.90 Å². The van der Waals surface area contributed by atoms with Crippen LogP contribution in [0.25, 0.3) is 0 Å². The van der Waals surface area contributed by atoms with Gasteiger partial charge in [-0.2, -0.15) is 18.4 Å². The Bertz CT molecular complexity index is 1440.